The van der Waals surface area contributed by atoms with Gasteiger partial charge in [-0.1, -0.05) is 6.07 Å². The smallest absolute Gasteiger partial charge is 0.328 e. The number of aliphatic carboxylic acids is 1. The van der Waals surface area contributed by atoms with Crippen LogP contribution in [0.1, 0.15) is 26.3 Å². The summed E-state index contributed by atoms with van der Waals surface area (Å²) in [6, 6.07) is 4.70. The zero-order chi connectivity index (χ0) is 14.8. The molecule has 0 bridgehead atoms. The Bertz CT molecular complexity index is 511. The summed E-state index contributed by atoms with van der Waals surface area (Å²) in [5.74, 6) is -1.02. The van der Waals surface area contributed by atoms with Crippen molar-refractivity contribution in [3.05, 3.63) is 33.9 Å². The van der Waals surface area contributed by atoms with Crippen LogP contribution in [-0.4, -0.2) is 28.1 Å². The second kappa shape index (κ2) is 5.26. The molecule has 6 nitrogen and oxygen atoms in total. The first-order chi connectivity index (χ1) is 8.71. The fourth-order valence-electron chi connectivity index (χ4n) is 1.99. The largest absolute Gasteiger partial charge is 0.480 e. The number of anilines is 1. The van der Waals surface area contributed by atoms with Gasteiger partial charge in [0.1, 0.15) is 11.2 Å². The molecule has 1 aromatic rings. The van der Waals surface area contributed by atoms with Crippen molar-refractivity contribution in [3.63, 3.8) is 0 Å². The van der Waals surface area contributed by atoms with Crippen molar-refractivity contribution in [1.82, 2.24) is 0 Å². The van der Waals surface area contributed by atoms with Gasteiger partial charge in [-0.2, -0.15) is 0 Å². The van der Waals surface area contributed by atoms with Crippen molar-refractivity contribution in [1.29, 1.82) is 0 Å². The topological polar surface area (TPSA) is 83.7 Å². The summed E-state index contributed by atoms with van der Waals surface area (Å²) in [5.41, 5.74) is -0.116. The van der Waals surface area contributed by atoms with E-state index in [9.17, 15) is 20.0 Å². The first kappa shape index (κ1) is 14.9. The maximum absolute atomic E-state index is 11.3. The van der Waals surface area contributed by atoms with Crippen LogP contribution in [0.25, 0.3) is 0 Å². The van der Waals surface area contributed by atoms with Crippen molar-refractivity contribution in [3.8, 4) is 0 Å². The summed E-state index contributed by atoms with van der Waals surface area (Å²) >= 11 is 0. The van der Waals surface area contributed by atoms with E-state index in [1.54, 1.807) is 19.1 Å². The summed E-state index contributed by atoms with van der Waals surface area (Å²) in [7, 11) is 0. The lowest BCUT2D eigenvalue weighted by molar-refractivity contribution is -0.384. The number of nitro groups is 1. The number of rotatable bonds is 5. The van der Waals surface area contributed by atoms with Crippen LogP contribution in [-0.2, 0) is 4.79 Å². The minimum Gasteiger partial charge on any atom is -0.480 e. The number of carboxylic acid groups (broad SMARTS) is 1. The number of hydrogen-bond donors (Lipinski definition) is 1. The third kappa shape index (κ3) is 2.83. The predicted molar refractivity (Wildman–Crippen MR) is 72.6 cm³/mol. The Morgan fingerprint density at radius 2 is 2.05 bits per heavy atom. The van der Waals surface area contributed by atoms with E-state index in [1.165, 1.54) is 24.8 Å². The highest BCUT2D eigenvalue weighted by Gasteiger charge is 2.36. The SMILES string of the molecule is CCN(c1cc(C)ccc1[N+](=O)[O-])C(C)(C)C(=O)O. The number of aryl methyl sites for hydroxylation is 1. The predicted octanol–water partition coefficient (Wildman–Crippen LogP) is 2.59. The van der Waals surface area contributed by atoms with Gasteiger partial charge in [-0.15, -0.1) is 0 Å². The molecule has 0 radical (unpaired) electrons. The molecular formula is C13H18N2O4. The molecule has 0 saturated carbocycles. The highest BCUT2D eigenvalue weighted by atomic mass is 16.6. The van der Waals surface area contributed by atoms with Gasteiger partial charge < -0.3 is 10.0 Å². The van der Waals surface area contributed by atoms with Crippen LogP contribution in [0.3, 0.4) is 0 Å². The zero-order valence-corrected chi connectivity index (χ0v) is 11.5. The van der Waals surface area contributed by atoms with Crippen molar-refractivity contribution in [2.24, 2.45) is 0 Å². The molecule has 0 aliphatic carbocycles. The number of carbonyl (C=O) groups is 1. The third-order valence-corrected chi connectivity index (χ3v) is 3.13. The normalized spacial score (nSPS) is 11.2. The second-order valence-electron chi connectivity index (χ2n) is 4.86. The maximum atomic E-state index is 11.3. The molecule has 19 heavy (non-hydrogen) atoms. The Balaban J connectivity index is 3.44. The molecule has 104 valence electrons. The van der Waals surface area contributed by atoms with Gasteiger partial charge in [-0.25, -0.2) is 4.79 Å². The zero-order valence-electron chi connectivity index (χ0n) is 11.5. The molecule has 1 rings (SSSR count). The molecule has 0 aromatic heterocycles. The molecule has 0 atom stereocenters. The minimum absolute atomic E-state index is 0.0817. The summed E-state index contributed by atoms with van der Waals surface area (Å²) < 4.78 is 0. The van der Waals surface area contributed by atoms with E-state index in [0.717, 1.165) is 5.56 Å². The number of likely N-dealkylation sites (N-methyl/N-ethyl adjacent to an activating group) is 1. The average Bonchev–Trinajstić information content (AvgIpc) is 2.28. The lowest BCUT2D eigenvalue weighted by Gasteiger charge is -2.35. The number of carboxylic acids is 1. The molecule has 0 amide bonds. The van der Waals surface area contributed by atoms with E-state index in [4.69, 9.17) is 0 Å². The van der Waals surface area contributed by atoms with E-state index in [2.05, 4.69) is 0 Å². The van der Waals surface area contributed by atoms with Gasteiger partial charge in [0.25, 0.3) is 5.69 Å². The molecule has 1 aromatic carbocycles. The fraction of sp³-hybridized carbons (Fsp3) is 0.462. The molecule has 0 aliphatic heterocycles. The Labute approximate surface area is 111 Å². The lowest BCUT2D eigenvalue weighted by atomic mass is 10.0. The van der Waals surface area contributed by atoms with Crippen LogP contribution < -0.4 is 4.90 Å². The molecule has 0 spiro atoms. The Hall–Kier alpha value is -2.11. The molecule has 6 heteroatoms. The van der Waals surface area contributed by atoms with Crippen LogP contribution in [0.5, 0.6) is 0 Å². The van der Waals surface area contributed by atoms with Gasteiger partial charge in [-0.05, 0) is 39.3 Å². The monoisotopic (exact) mass is 266 g/mol. The summed E-state index contributed by atoms with van der Waals surface area (Å²) in [5, 5.41) is 20.4. The maximum Gasteiger partial charge on any atom is 0.328 e. The van der Waals surface area contributed by atoms with Gasteiger partial charge >= 0.3 is 5.97 Å². The van der Waals surface area contributed by atoms with Crippen molar-refractivity contribution in [2.45, 2.75) is 33.2 Å². The Kier molecular flexibility index (Phi) is 4.14. The Morgan fingerprint density at radius 1 is 1.47 bits per heavy atom. The van der Waals surface area contributed by atoms with Crippen LogP contribution in [0.4, 0.5) is 11.4 Å². The number of benzene rings is 1. The van der Waals surface area contributed by atoms with Crippen molar-refractivity contribution < 1.29 is 14.8 Å². The van der Waals surface area contributed by atoms with Gasteiger partial charge in [0.2, 0.25) is 0 Å². The average molecular weight is 266 g/mol. The van der Waals surface area contributed by atoms with Crippen LogP contribution in [0.15, 0.2) is 18.2 Å². The van der Waals surface area contributed by atoms with Crippen LogP contribution in [0.2, 0.25) is 0 Å². The molecule has 0 aliphatic rings. The van der Waals surface area contributed by atoms with Crippen molar-refractivity contribution in [2.75, 3.05) is 11.4 Å². The van der Waals surface area contributed by atoms with Gasteiger partial charge in [0.15, 0.2) is 0 Å². The molecule has 1 N–H and O–H groups in total. The molecule has 0 heterocycles. The van der Waals surface area contributed by atoms with Gasteiger partial charge in [0, 0.05) is 12.6 Å². The van der Waals surface area contributed by atoms with Gasteiger partial charge in [0.05, 0.1) is 4.92 Å². The van der Waals surface area contributed by atoms with Gasteiger partial charge in [-0.3, -0.25) is 10.1 Å². The van der Waals surface area contributed by atoms with E-state index in [0.29, 0.717) is 12.2 Å². The molecule has 0 saturated heterocycles. The lowest BCUT2D eigenvalue weighted by Crippen LogP contribution is -2.50. The van der Waals surface area contributed by atoms with E-state index in [1.807, 2.05) is 6.92 Å². The summed E-state index contributed by atoms with van der Waals surface area (Å²) in [4.78, 5) is 23.5. The van der Waals surface area contributed by atoms with E-state index < -0.39 is 16.4 Å². The standard InChI is InChI=1S/C13H18N2O4/c1-5-14(13(3,4)12(16)17)11-8-9(2)6-7-10(11)15(18)19/h6-8H,5H2,1-4H3,(H,16,17). The highest BCUT2D eigenvalue weighted by Crippen LogP contribution is 2.33. The third-order valence-electron chi connectivity index (χ3n) is 3.13. The number of nitro benzene ring substituents is 1. The number of nitrogens with zero attached hydrogens (tertiary/aromatic N) is 2. The minimum atomic E-state index is -1.21. The first-order valence-corrected chi connectivity index (χ1v) is 5.98. The summed E-state index contributed by atoms with van der Waals surface area (Å²) in [6.07, 6.45) is 0. The first-order valence-electron chi connectivity index (χ1n) is 5.98. The quantitative estimate of drug-likeness (QED) is 0.654. The van der Waals surface area contributed by atoms with Crippen LogP contribution >= 0.6 is 0 Å². The van der Waals surface area contributed by atoms with Crippen LogP contribution in [0, 0.1) is 17.0 Å². The fourth-order valence-corrected chi connectivity index (χ4v) is 1.99. The highest BCUT2D eigenvalue weighted by molar-refractivity contribution is 5.84. The number of hydrogen-bond acceptors (Lipinski definition) is 4. The molecule has 0 fully saturated rings. The Morgan fingerprint density at radius 3 is 2.47 bits per heavy atom. The summed E-state index contributed by atoms with van der Waals surface area (Å²) in [6.45, 7) is 7.02. The molecular weight excluding hydrogens is 248 g/mol. The van der Waals surface area contributed by atoms with E-state index >= 15 is 0 Å². The van der Waals surface area contributed by atoms with E-state index in [-0.39, 0.29) is 5.69 Å². The molecule has 0 unspecified atom stereocenters. The second-order valence-corrected chi connectivity index (χ2v) is 4.86. The van der Waals surface area contributed by atoms with Crippen molar-refractivity contribution >= 4 is 17.3 Å².